The number of halogens is 2. The van der Waals surface area contributed by atoms with Crippen molar-refractivity contribution in [3.63, 3.8) is 0 Å². The van der Waals surface area contributed by atoms with Crippen molar-refractivity contribution in [3.05, 3.63) is 58.6 Å². The highest BCUT2D eigenvalue weighted by Crippen LogP contribution is 2.25. The number of hydrogen-bond donors (Lipinski definition) is 1. The van der Waals surface area contributed by atoms with Gasteiger partial charge in [0.15, 0.2) is 0 Å². The summed E-state index contributed by atoms with van der Waals surface area (Å²) in [5.74, 6) is 0.856. The van der Waals surface area contributed by atoms with Crippen LogP contribution >= 0.6 is 23.2 Å². The predicted octanol–water partition coefficient (Wildman–Crippen LogP) is 4.87. The minimum atomic E-state index is 0.0254. The van der Waals surface area contributed by atoms with Crippen molar-refractivity contribution in [2.45, 2.75) is 13.0 Å². The maximum absolute atomic E-state index is 6.08. The highest BCUT2D eigenvalue weighted by molar-refractivity contribution is 6.35. The van der Waals surface area contributed by atoms with Crippen LogP contribution in [0.25, 0.3) is 0 Å². The lowest BCUT2D eigenvalue weighted by molar-refractivity contribution is 0.235. The molecule has 0 aliphatic heterocycles. The summed E-state index contributed by atoms with van der Waals surface area (Å²) in [4.78, 5) is 0. The Balaban J connectivity index is 1.90. The summed E-state index contributed by atoms with van der Waals surface area (Å²) < 4.78 is 5.77. The monoisotopic (exact) mass is 295 g/mol. The zero-order valence-corrected chi connectivity index (χ0v) is 12.1. The van der Waals surface area contributed by atoms with Crippen LogP contribution in [0.3, 0.4) is 0 Å². The van der Waals surface area contributed by atoms with Gasteiger partial charge in [-0.25, -0.2) is 0 Å². The first-order chi connectivity index (χ1) is 9.15. The predicted molar refractivity (Wildman–Crippen MR) is 81.5 cm³/mol. The Morgan fingerprint density at radius 1 is 1.11 bits per heavy atom. The molecule has 0 aliphatic carbocycles. The van der Waals surface area contributed by atoms with Crippen LogP contribution in [0, 0.1) is 0 Å². The molecule has 0 radical (unpaired) electrons. The molecule has 0 fully saturated rings. The molecule has 0 spiro atoms. The molecule has 2 aromatic rings. The van der Waals surface area contributed by atoms with E-state index in [0.717, 1.165) is 11.4 Å². The minimum absolute atomic E-state index is 0.0254. The van der Waals surface area contributed by atoms with E-state index in [4.69, 9.17) is 27.9 Å². The summed E-state index contributed by atoms with van der Waals surface area (Å²) >= 11 is 12.0. The number of nitrogens with one attached hydrogen (secondary N) is 1. The molecule has 0 amide bonds. The highest BCUT2D eigenvalue weighted by Gasteiger charge is 2.06. The van der Waals surface area contributed by atoms with Crippen molar-refractivity contribution < 1.29 is 4.74 Å². The molecule has 0 aliphatic rings. The fraction of sp³-hybridized carbons (Fsp3) is 0.200. The third-order valence-electron chi connectivity index (χ3n) is 2.59. The van der Waals surface area contributed by atoms with Gasteiger partial charge in [-0.05, 0) is 37.3 Å². The van der Waals surface area contributed by atoms with Gasteiger partial charge in [-0.15, -0.1) is 0 Å². The third-order valence-corrected chi connectivity index (χ3v) is 3.15. The minimum Gasteiger partial charge on any atom is -0.489 e. The second-order valence-electron chi connectivity index (χ2n) is 4.25. The summed E-state index contributed by atoms with van der Waals surface area (Å²) in [6.07, 6.45) is 0.0254. The van der Waals surface area contributed by atoms with Crippen molar-refractivity contribution in [3.8, 4) is 5.75 Å². The zero-order valence-electron chi connectivity index (χ0n) is 10.6. The van der Waals surface area contributed by atoms with E-state index < -0.39 is 0 Å². The van der Waals surface area contributed by atoms with Gasteiger partial charge in [0.25, 0.3) is 0 Å². The maximum atomic E-state index is 6.08. The fourth-order valence-electron chi connectivity index (χ4n) is 1.66. The van der Waals surface area contributed by atoms with E-state index >= 15 is 0 Å². The average Bonchev–Trinajstić information content (AvgIpc) is 2.41. The van der Waals surface area contributed by atoms with E-state index in [9.17, 15) is 0 Å². The van der Waals surface area contributed by atoms with Crippen molar-refractivity contribution in [2.24, 2.45) is 0 Å². The highest BCUT2D eigenvalue weighted by atomic mass is 35.5. The molecule has 4 heteroatoms. The first kappa shape index (κ1) is 14.0. The van der Waals surface area contributed by atoms with Crippen LogP contribution in [0.1, 0.15) is 6.92 Å². The Bertz CT molecular complexity index is 531. The van der Waals surface area contributed by atoms with Gasteiger partial charge in [0, 0.05) is 5.02 Å². The molecule has 0 aromatic heterocycles. The molecule has 1 N–H and O–H groups in total. The van der Waals surface area contributed by atoms with Crippen LogP contribution < -0.4 is 10.1 Å². The molecule has 19 heavy (non-hydrogen) atoms. The lowest BCUT2D eigenvalue weighted by Crippen LogP contribution is -2.22. The first-order valence-corrected chi connectivity index (χ1v) is 6.81. The van der Waals surface area contributed by atoms with Gasteiger partial charge in [0.1, 0.15) is 11.9 Å². The zero-order chi connectivity index (χ0) is 13.7. The van der Waals surface area contributed by atoms with Gasteiger partial charge in [-0.3, -0.25) is 0 Å². The van der Waals surface area contributed by atoms with Crippen LogP contribution in [0.4, 0.5) is 5.69 Å². The van der Waals surface area contributed by atoms with E-state index in [1.807, 2.05) is 37.3 Å². The van der Waals surface area contributed by atoms with Gasteiger partial charge in [-0.2, -0.15) is 0 Å². The second-order valence-corrected chi connectivity index (χ2v) is 5.09. The van der Waals surface area contributed by atoms with Crippen molar-refractivity contribution in [1.82, 2.24) is 0 Å². The number of ether oxygens (including phenoxy) is 1. The lowest BCUT2D eigenvalue weighted by atomic mass is 10.3. The molecule has 0 saturated heterocycles. The smallest absolute Gasteiger partial charge is 0.119 e. The molecule has 100 valence electrons. The maximum Gasteiger partial charge on any atom is 0.119 e. The van der Waals surface area contributed by atoms with E-state index in [2.05, 4.69) is 5.32 Å². The van der Waals surface area contributed by atoms with Crippen LogP contribution in [-0.4, -0.2) is 12.6 Å². The molecular weight excluding hydrogens is 281 g/mol. The van der Waals surface area contributed by atoms with E-state index in [-0.39, 0.29) is 6.10 Å². The SMILES string of the molecule is CC(CNc1cc(Cl)ccc1Cl)Oc1ccccc1. The first-order valence-electron chi connectivity index (χ1n) is 6.06. The van der Waals surface area contributed by atoms with E-state index in [0.29, 0.717) is 16.6 Å². The summed E-state index contributed by atoms with van der Waals surface area (Å²) in [6, 6.07) is 15.1. The summed E-state index contributed by atoms with van der Waals surface area (Å²) in [5, 5.41) is 4.54. The summed E-state index contributed by atoms with van der Waals surface area (Å²) in [5.41, 5.74) is 0.817. The quantitative estimate of drug-likeness (QED) is 0.849. The van der Waals surface area contributed by atoms with Crippen molar-refractivity contribution >= 4 is 28.9 Å². The van der Waals surface area contributed by atoms with Crippen LogP contribution in [-0.2, 0) is 0 Å². The van der Waals surface area contributed by atoms with Crippen LogP contribution in [0.5, 0.6) is 5.75 Å². The average molecular weight is 296 g/mol. The fourth-order valence-corrected chi connectivity index (χ4v) is 2.02. The van der Waals surface area contributed by atoms with E-state index in [1.165, 1.54) is 0 Å². The Hall–Kier alpha value is -1.38. The topological polar surface area (TPSA) is 21.3 Å². The van der Waals surface area contributed by atoms with Gasteiger partial charge < -0.3 is 10.1 Å². The molecule has 0 bridgehead atoms. The normalized spacial score (nSPS) is 11.9. The molecule has 0 saturated carbocycles. The number of anilines is 1. The number of para-hydroxylation sites is 1. The Morgan fingerprint density at radius 3 is 2.58 bits per heavy atom. The molecule has 2 rings (SSSR count). The Labute approximate surface area is 123 Å². The number of hydrogen-bond acceptors (Lipinski definition) is 2. The van der Waals surface area contributed by atoms with Gasteiger partial charge in [0.2, 0.25) is 0 Å². The molecule has 2 aromatic carbocycles. The second kappa shape index (κ2) is 6.69. The largest absolute Gasteiger partial charge is 0.489 e. The molecule has 2 nitrogen and oxygen atoms in total. The molecule has 1 atom stereocenters. The molecular formula is C15H15Cl2NO. The number of benzene rings is 2. The summed E-state index contributed by atoms with van der Waals surface area (Å²) in [7, 11) is 0. The van der Waals surface area contributed by atoms with Gasteiger partial charge in [0.05, 0.1) is 17.3 Å². The standard InChI is InChI=1S/C15H15Cl2NO/c1-11(19-13-5-3-2-4-6-13)10-18-15-9-12(16)7-8-14(15)17/h2-9,11,18H,10H2,1H3. The lowest BCUT2D eigenvalue weighted by Gasteiger charge is -2.16. The van der Waals surface area contributed by atoms with Crippen LogP contribution in [0.2, 0.25) is 10.0 Å². The molecule has 0 heterocycles. The third kappa shape index (κ3) is 4.34. The van der Waals surface area contributed by atoms with Crippen molar-refractivity contribution in [1.29, 1.82) is 0 Å². The Kier molecular flexibility index (Phi) is 4.94. The molecule has 1 unspecified atom stereocenters. The number of rotatable bonds is 5. The van der Waals surface area contributed by atoms with E-state index in [1.54, 1.807) is 18.2 Å². The summed E-state index contributed by atoms with van der Waals surface area (Å²) in [6.45, 7) is 2.65. The van der Waals surface area contributed by atoms with Gasteiger partial charge in [-0.1, -0.05) is 41.4 Å². The van der Waals surface area contributed by atoms with Crippen molar-refractivity contribution in [2.75, 3.05) is 11.9 Å². The van der Waals surface area contributed by atoms with Crippen LogP contribution in [0.15, 0.2) is 48.5 Å². The van der Waals surface area contributed by atoms with Gasteiger partial charge >= 0.3 is 0 Å². The Morgan fingerprint density at radius 2 is 1.84 bits per heavy atom.